The van der Waals surface area contributed by atoms with Crippen LogP contribution in [0.15, 0.2) is 102 Å². The van der Waals surface area contributed by atoms with E-state index in [0.717, 1.165) is 10.5 Å². The zero-order valence-electron chi connectivity index (χ0n) is 24.6. The number of anilines is 2. The number of benzene rings is 4. The van der Waals surface area contributed by atoms with E-state index >= 15 is 0 Å². The maximum atomic E-state index is 13.5. The molecule has 0 radical (unpaired) electrons. The van der Waals surface area contributed by atoms with Gasteiger partial charge in [-0.2, -0.15) is 0 Å². The van der Waals surface area contributed by atoms with Crippen LogP contribution in [0.2, 0.25) is 5.02 Å². The molecule has 0 aliphatic carbocycles. The normalized spacial score (nSPS) is 11.7. The molecule has 0 heterocycles. The summed E-state index contributed by atoms with van der Waals surface area (Å²) < 4.78 is 10.8. The predicted octanol–water partition coefficient (Wildman–Crippen LogP) is 7.19. The number of methoxy groups -OCH3 is 2. The number of carbonyl (C=O) groups excluding carboxylic acids is 3. The molecular weight excluding hydrogens is 598 g/mol. The van der Waals surface area contributed by atoms with Crippen LogP contribution in [-0.2, 0) is 9.59 Å². The van der Waals surface area contributed by atoms with E-state index in [-0.39, 0.29) is 11.6 Å². The summed E-state index contributed by atoms with van der Waals surface area (Å²) in [7, 11) is 3.05. The van der Waals surface area contributed by atoms with Crippen LogP contribution in [0, 0.1) is 6.92 Å². The van der Waals surface area contributed by atoms with Gasteiger partial charge >= 0.3 is 0 Å². The standard InChI is InChI=1S/C34H32ClN3O5S/c1-21-28(35)11-8-12-29(21)37-32(39)22(2)44-27-16-13-25(14-17-27)36-34(41)30(38-33(40)23-9-6-5-7-10-23)20-24-19-26(42-3)15-18-31(24)43-4/h5-20,22H,1-4H3,(H,36,41)(H,37,39)(H,38,40)/b30-20-. The molecule has 0 aliphatic rings. The number of rotatable bonds is 11. The number of halogens is 1. The maximum absolute atomic E-state index is 13.5. The van der Waals surface area contributed by atoms with Crippen molar-refractivity contribution in [3.63, 3.8) is 0 Å². The number of nitrogens with one attached hydrogen (secondary N) is 3. The van der Waals surface area contributed by atoms with Gasteiger partial charge in [-0.05, 0) is 92.2 Å². The molecule has 0 fully saturated rings. The van der Waals surface area contributed by atoms with Crippen LogP contribution in [-0.4, -0.2) is 37.2 Å². The highest BCUT2D eigenvalue weighted by Gasteiger charge is 2.18. The Kier molecular flexibility index (Phi) is 11.1. The van der Waals surface area contributed by atoms with E-state index < -0.39 is 17.1 Å². The van der Waals surface area contributed by atoms with Gasteiger partial charge in [0.1, 0.15) is 17.2 Å². The van der Waals surface area contributed by atoms with E-state index in [9.17, 15) is 14.4 Å². The number of carbonyl (C=O) groups is 3. The van der Waals surface area contributed by atoms with E-state index in [0.29, 0.717) is 39.0 Å². The van der Waals surface area contributed by atoms with Crippen LogP contribution in [0.5, 0.6) is 11.5 Å². The van der Waals surface area contributed by atoms with E-state index in [1.807, 2.05) is 32.0 Å². The van der Waals surface area contributed by atoms with Gasteiger partial charge in [0.25, 0.3) is 11.8 Å². The summed E-state index contributed by atoms with van der Waals surface area (Å²) in [5, 5.41) is 8.68. The second-order valence-corrected chi connectivity index (χ2v) is 11.4. The Labute approximate surface area is 265 Å². The topological polar surface area (TPSA) is 106 Å². The molecule has 0 spiro atoms. The molecule has 10 heteroatoms. The van der Waals surface area contributed by atoms with Crippen molar-refractivity contribution in [2.45, 2.75) is 24.0 Å². The van der Waals surface area contributed by atoms with Crippen molar-refractivity contribution in [3.8, 4) is 11.5 Å². The molecule has 1 unspecified atom stereocenters. The van der Waals surface area contributed by atoms with Gasteiger partial charge in [-0.3, -0.25) is 14.4 Å². The van der Waals surface area contributed by atoms with Gasteiger partial charge in [-0.15, -0.1) is 11.8 Å². The van der Waals surface area contributed by atoms with Gasteiger partial charge in [-0.1, -0.05) is 35.9 Å². The summed E-state index contributed by atoms with van der Waals surface area (Å²) in [6, 6.07) is 26.2. The molecule has 44 heavy (non-hydrogen) atoms. The van der Waals surface area contributed by atoms with Crippen molar-refractivity contribution in [2.75, 3.05) is 24.9 Å². The first-order valence-electron chi connectivity index (χ1n) is 13.6. The van der Waals surface area contributed by atoms with E-state index in [1.54, 1.807) is 72.8 Å². The number of amides is 3. The molecule has 4 aromatic rings. The van der Waals surface area contributed by atoms with Gasteiger partial charge in [0.2, 0.25) is 5.91 Å². The molecule has 0 aromatic heterocycles. The Morgan fingerprint density at radius 2 is 1.59 bits per heavy atom. The Hall–Kier alpha value is -4.73. The van der Waals surface area contributed by atoms with Crippen LogP contribution >= 0.6 is 23.4 Å². The average molecular weight is 630 g/mol. The Balaban J connectivity index is 1.49. The number of ether oxygens (including phenoxy) is 2. The van der Waals surface area contributed by atoms with E-state index in [1.165, 1.54) is 32.1 Å². The first-order valence-corrected chi connectivity index (χ1v) is 14.9. The number of hydrogen-bond donors (Lipinski definition) is 3. The molecule has 0 saturated heterocycles. The van der Waals surface area contributed by atoms with Crippen molar-refractivity contribution in [2.24, 2.45) is 0 Å². The Morgan fingerprint density at radius 3 is 2.27 bits per heavy atom. The summed E-state index contributed by atoms with van der Waals surface area (Å²) in [6.07, 6.45) is 1.53. The smallest absolute Gasteiger partial charge is 0.272 e. The molecule has 0 bridgehead atoms. The highest BCUT2D eigenvalue weighted by atomic mass is 35.5. The molecule has 3 N–H and O–H groups in total. The summed E-state index contributed by atoms with van der Waals surface area (Å²) in [5.74, 6) is -0.0836. The zero-order chi connectivity index (χ0) is 31.6. The van der Waals surface area contributed by atoms with Crippen molar-refractivity contribution >= 4 is 58.5 Å². The van der Waals surface area contributed by atoms with Crippen LogP contribution in [0.25, 0.3) is 6.08 Å². The number of thioether (sulfide) groups is 1. The van der Waals surface area contributed by atoms with Crippen LogP contribution in [0.1, 0.15) is 28.4 Å². The minimum atomic E-state index is -0.538. The van der Waals surface area contributed by atoms with Gasteiger partial charge in [-0.25, -0.2) is 0 Å². The fourth-order valence-corrected chi connectivity index (χ4v) is 5.14. The SMILES string of the molecule is COc1ccc(OC)c(/C=C(\NC(=O)c2ccccc2)C(=O)Nc2ccc(SC(C)C(=O)Nc3cccc(Cl)c3C)cc2)c1. The van der Waals surface area contributed by atoms with E-state index in [2.05, 4.69) is 16.0 Å². The van der Waals surface area contributed by atoms with Crippen molar-refractivity contribution in [1.29, 1.82) is 0 Å². The molecular formula is C34H32ClN3O5S. The molecule has 0 saturated carbocycles. The molecule has 4 aromatic carbocycles. The lowest BCUT2D eigenvalue weighted by atomic mass is 10.1. The molecule has 1 atom stereocenters. The third kappa shape index (κ3) is 8.43. The monoisotopic (exact) mass is 629 g/mol. The summed E-state index contributed by atoms with van der Waals surface area (Å²) in [6.45, 7) is 3.67. The summed E-state index contributed by atoms with van der Waals surface area (Å²) in [4.78, 5) is 40.1. The largest absolute Gasteiger partial charge is 0.497 e. The minimum Gasteiger partial charge on any atom is -0.497 e. The Bertz CT molecular complexity index is 1680. The Morgan fingerprint density at radius 1 is 0.864 bits per heavy atom. The van der Waals surface area contributed by atoms with Crippen LogP contribution in [0.3, 0.4) is 0 Å². The first-order chi connectivity index (χ1) is 21.2. The number of hydrogen-bond acceptors (Lipinski definition) is 6. The van der Waals surface area contributed by atoms with Crippen LogP contribution < -0.4 is 25.4 Å². The van der Waals surface area contributed by atoms with Crippen molar-refractivity contribution in [3.05, 3.63) is 118 Å². The predicted molar refractivity (Wildman–Crippen MR) is 177 cm³/mol. The van der Waals surface area contributed by atoms with Crippen molar-refractivity contribution in [1.82, 2.24) is 5.32 Å². The maximum Gasteiger partial charge on any atom is 0.272 e. The van der Waals surface area contributed by atoms with Gasteiger partial charge < -0.3 is 25.4 Å². The highest BCUT2D eigenvalue weighted by Crippen LogP contribution is 2.29. The third-order valence-corrected chi connectivity index (χ3v) is 8.11. The lowest BCUT2D eigenvalue weighted by Crippen LogP contribution is -2.30. The van der Waals surface area contributed by atoms with E-state index in [4.69, 9.17) is 21.1 Å². The second kappa shape index (κ2) is 15.1. The molecule has 8 nitrogen and oxygen atoms in total. The molecule has 4 rings (SSSR count). The zero-order valence-corrected chi connectivity index (χ0v) is 26.2. The second-order valence-electron chi connectivity index (χ2n) is 9.63. The van der Waals surface area contributed by atoms with Gasteiger partial charge in [0, 0.05) is 32.4 Å². The summed E-state index contributed by atoms with van der Waals surface area (Å²) >= 11 is 7.55. The fourth-order valence-electron chi connectivity index (χ4n) is 4.10. The molecule has 226 valence electrons. The molecule has 0 aliphatic heterocycles. The highest BCUT2D eigenvalue weighted by molar-refractivity contribution is 8.00. The quantitative estimate of drug-likeness (QED) is 0.120. The molecule has 3 amide bonds. The van der Waals surface area contributed by atoms with Crippen LogP contribution in [0.4, 0.5) is 11.4 Å². The third-order valence-electron chi connectivity index (χ3n) is 6.59. The summed E-state index contributed by atoms with van der Waals surface area (Å²) in [5.41, 5.74) is 2.92. The lowest BCUT2D eigenvalue weighted by Gasteiger charge is -2.15. The minimum absolute atomic E-state index is 0.00506. The van der Waals surface area contributed by atoms with Gasteiger partial charge in [0.15, 0.2) is 0 Å². The van der Waals surface area contributed by atoms with Crippen molar-refractivity contribution < 1.29 is 23.9 Å². The lowest BCUT2D eigenvalue weighted by molar-refractivity contribution is -0.115. The fraction of sp³-hybridized carbons (Fsp3) is 0.147. The average Bonchev–Trinajstić information content (AvgIpc) is 3.04. The van der Waals surface area contributed by atoms with Gasteiger partial charge in [0.05, 0.1) is 19.5 Å². The first kappa shape index (κ1) is 32.2.